The van der Waals surface area contributed by atoms with Crippen molar-refractivity contribution in [3.05, 3.63) is 48.0 Å². The second kappa shape index (κ2) is 27.1. The zero-order valence-electron chi connectivity index (χ0n) is 20.1. The molecule has 0 aromatic heterocycles. The van der Waals surface area contributed by atoms with Crippen LogP contribution in [0.25, 0.3) is 0 Å². The number of rotatable bonds is 16. The van der Waals surface area contributed by atoms with Crippen molar-refractivity contribution in [2.45, 2.75) is 96.8 Å². The van der Waals surface area contributed by atoms with Crippen LogP contribution < -0.4 is 47.9 Å². The van der Waals surface area contributed by atoms with Gasteiger partial charge in [0.15, 0.2) is 0 Å². The predicted molar refractivity (Wildman–Crippen MR) is 115 cm³/mol. The quantitative estimate of drug-likeness (QED) is 0.193. The molecule has 4 nitrogen and oxygen atoms in total. The Kier molecular flexibility index (Phi) is 30.4. The van der Waals surface area contributed by atoms with E-state index < -0.39 is 11.9 Å². The largest absolute Gasteiger partial charge is 1.00 e. The van der Waals surface area contributed by atoms with Crippen LogP contribution in [0.5, 0.6) is 0 Å². The van der Waals surface area contributed by atoms with Crippen LogP contribution in [-0.2, 0) is 4.79 Å². The smallest absolute Gasteiger partial charge is 0.550 e. The molecule has 6 heteroatoms. The van der Waals surface area contributed by atoms with E-state index in [9.17, 15) is 19.8 Å². The van der Waals surface area contributed by atoms with Crippen LogP contribution in [0.2, 0.25) is 0 Å². The summed E-state index contributed by atoms with van der Waals surface area (Å²) in [5.41, 5.74) is 0.220. The third kappa shape index (κ3) is 27.1. The number of hydrogen-bond acceptors (Lipinski definition) is 4. The second-order valence-corrected chi connectivity index (χ2v) is 7.36. The molecule has 1 aromatic carbocycles. The molecule has 0 bridgehead atoms. The minimum atomic E-state index is -1.13. The number of hydrogen-bond donors (Lipinski definition) is 0. The molecule has 0 radical (unpaired) electrons. The van der Waals surface area contributed by atoms with E-state index >= 15 is 0 Å². The summed E-state index contributed by atoms with van der Waals surface area (Å²) in [7, 11) is 0. The summed E-state index contributed by atoms with van der Waals surface area (Å²) in [6.45, 7) is 2.26. The number of benzene rings is 1. The monoisotopic (exact) mass is 416 g/mol. The van der Waals surface area contributed by atoms with Crippen LogP contribution >= 0.6 is 0 Å². The van der Waals surface area contributed by atoms with Crippen molar-refractivity contribution in [3.8, 4) is 0 Å². The molecule has 0 fully saturated rings. The van der Waals surface area contributed by atoms with Crippen LogP contribution in [0.4, 0.5) is 0 Å². The molecular weight excluding hydrogens is 378 g/mol. The first kappa shape index (κ1) is 34.7. The Balaban J connectivity index is -0.000000598. The molecule has 0 saturated heterocycles. The van der Waals surface area contributed by atoms with Crippen LogP contribution in [0.3, 0.4) is 0 Å². The topological polar surface area (TPSA) is 80.3 Å². The molecule has 0 N–H and O–H groups in total. The van der Waals surface area contributed by atoms with Gasteiger partial charge in [-0.05, 0) is 44.1 Å². The van der Waals surface area contributed by atoms with Crippen LogP contribution in [-0.4, -0.2) is 11.9 Å². The van der Waals surface area contributed by atoms with Gasteiger partial charge in [-0.15, -0.1) is 0 Å². The van der Waals surface area contributed by atoms with Gasteiger partial charge in [-0.1, -0.05) is 101 Å². The number of aliphatic carboxylic acids is 1. The molecule has 0 unspecified atom stereocenters. The zero-order chi connectivity index (χ0) is 21.6. The summed E-state index contributed by atoms with van der Waals surface area (Å²) in [5, 5.41) is 20.3. The molecule has 0 aliphatic heterocycles. The Bertz CT molecular complexity index is 548. The standard InChI is InChI=1S/C18H34O2.C7H6O2.2Li/c1-2-3-4-5-6-7-8-9-10-11-12-13-14-15-16-17-18(19)20;8-7(9)6-4-2-1-3-5-6;;/h9-10H,2-8,11-17H2,1H3,(H,19,20);1-5H,(H,8,9);;/q;;2*+1/p-2/b10-9-;;;. The molecular formula is C25H38Li2O4. The van der Waals surface area contributed by atoms with Crippen LogP contribution in [0.1, 0.15) is 107 Å². The Morgan fingerprint density at radius 1 is 0.710 bits per heavy atom. The SMILES string of the molecule is CCCCCCCC/C=C\CCCCCCCC(=O)[O-].O=C([O-])c1ccccc1.[Li+].[Li+]. The Labute approximate surface area is 213 Å². The fourth-order valence-electron chi connectivity index (χ4n) is 2.91. The van der Waals surface area contributed by atoms with E-state index in [4.69, 9.17) is 0 Å². The van der Waals surface area contributed by atoms with Crippen LogP contribution in [0, 0.1) is 0 Å². The summed E-state index contributed by atoms with van der Waals surface area (Å²) in [5.74, 6) is -2.04. The molecule has 1 aromatic rings. The van der Waals surface area contributed by atoms with Crippen molar-refractivity contribution in [2.75, 3.05) is 0 Å². The van der Waals surface area contributed by atoms with Crippen molar-refractivity contribution >= 4 is 11.9 Å². The van der Waals surface area contributed by atoms with E-state index in [1.54, 1.807) is 18.2 Å². The van der Waals surface area contributed by atoms with Gasteiger partial charge >= 0.3 is 37.7 Å². The summed E-state index contributed by atoms with van der Waals surface area (Å²) < 4.78 is 0. The summed E-state index contributed by atoms with van der Waals surface area (Å²) >= 11 is 0. The molecule has 31 heavy (non-hydrogen) atoms. The molecule has 0 saturated carbocycles. The average molecular weight is 416 g/mol. The fourth-order valence-corrected chi connectivity index (χ4v) is 2.91. The summed E-state index contributed by atoms with van der Waals surface area (Å²) in [6, 6.07) is 8.06. The zero-order valence-corrected chi connectivity index (χ0v) is 20.1. The minimum absolute atomic E-state index is 0. The predicted octanol–water partition coefficient (Wildman–Crippen LogP) is -1.17. The average Bonchev–Trinajstić information content (AvgIpc) is 2.72. The molecule has 0 amide bonds. The second-order valence-electron chi connectivity index (χ2n) is 7.36. The normalized spacial score (nSPS) is 9.84. The molecule has 0 spiro atoms. The first-order chi connectivity index (χ1) is 14.1. The van der Waals surface area contributed by atoms with Gasteiger partial charge in [-0.2, -0.15) is 0 Å². The first-order valence-electron chi connectivity index (χ1n) is 11.2. The van der Waals surface area contributed by atoms with Gasteiger partial charge in [-0.3, -0.25) is 0 Å². The van der Waals surface area contributed by atoms with E-state index in [2.05, 4.69) is 19.1 Å². The van der Waals surface area contributed by atoms with E-state index in [1.807, 2.05) is 0 Å². The third-order valence-corrected chi connectivity index (χ3v) is 4.65. The number of carbonyl (C=O) groups is 2. The van der Waals surface area contributed by atoms with Gasteiger partial charge < -0.3 is 19.8 Å². The van der Waals surface area contributed by atoms with Gasteiger partial charge in [0, 0.05) is 5.97 Å². The van der Waals surface area contributed by atoms with Gasteiger partial charge in [0.25, 0.3) is 0 Å². The number of unbranched alkanes of at least 4 members (excludes halogenated alkanes) is 11. The molecule has 0 aliphatic carbocycles. The molecule has 0 heterocycles. The summed E-state index contributed by atoms with van der Waals surface area (Å²) in [4.78, 5) is 20.3. The maximum atomic E-state index is 10.2. The van der Waals surface area contributed by atoms with Gasteiger partial charge in [0.2, 0.25) is 0 Å². The van der Waals surface area contributed by atoms with Gasteiger partial charge in [-0.25, -0.2) is 0 Å². The van der Waals surface area contributed by atoms with Crippen molar-refractivity contribution < 1.29 is 57.5 Å². The number of carboxylic acid groups (broad SMARTS) is 2. The maximum Gasteiger partial charge on any atom is 1.00 e. The van der Waals surface area contributed by atoms with Gasteiger partial charge in [0.1, 0.15) is 0 Å². The van der Waals surface area contributed by atoms with Crippen molar-refractivity contribution in [1.82, 2.24) is 0 Å². The molecule has 164 valence electrons. The number of carboxylic acids is 2. The fraction of sp³-hybridized carbons (Fsp3) is 0.600. The first-order valence-corrected chi connectivity index (χ1v) is 11.2. The van der Waals surface area contributed by atoms with Crippen molar-refractivity contribution in [2.24, 2.45) is 0 Å². The number of allylic oxidation sites excluding steroid dienone is 2. The van der Waals surface area contributed by atoms with E-state index in [-0.39, 0.29) is 49.7 Å². The van der Waals surface area contributed by atoms with E-state index in [1.165, 1.54) is 76.3 Å². The number of aromatic carboxylic acids is 1. The van der Waals surface area contributed by atoms with Crippen LogP contribution in [0.15, 0.2) is 42.5 Å². The van der Waals surface area contributed by atoms with Gasteiger partial charge in [0.05, 0.1) is 5.97 Å². The van der Waals surface area contributed by atoms with Crippen molar-refractivity contribution in [1.29, 1.82) is 0 Å². The third-order valence-electron chi connectivity index (χ3n) is 4.65. The van der Waals surface area contributed by atoms with Crippen molar-refractivity contribution in [3.63, 3.8) is 0 Å². The Hall–Kier alpha value is -0.905. The maximum absolute atomic E-state index is 10.2. The molecule has 1 rings (SSSR count). The summed E-state index contributed by atoms with van der Waals surface area (Å²) in [6.07, 6.45) is 20.9. The Morgan fingerprint density at radius 2 is 1.16 bits per heavy atom. The van der Waals surface area contributed by atoms with E-state index in [0.29, 0.717) is 0 Å². The molecule has 0 aliphatic rings. The number of carbonyl (C=O) groups excluding carboxylic acids is 2. The minimum Gasteiger partial charge on any atom is -0.550 e. The molecule has 0 atom stereocenters. The van der Waals surface area contributed by atoms with E-state index in [0.717, 1.165) is 19.3 Å². The Morgan fingerprint density at radius 3 is 1.58 bits per heavy atom.